The summed E-state index contributed by atoms with van der Waals surface area (Å²) in [5.74, 6) is 0.382. The van der Waals surface area contributed by atoms with Gasteiger partial charge in [-0.1, -0.05) is 18.2 Å². The lowest BCUT2D eigenvalue weighted by Crippen LogP contribution is -2.53. The van der Waals surface area contributed by atoms with Crippen LogP contribution in [-0.2, 0) is 0 Å². The third-order valence-corrected chi connectivity index (χ3v) is 4.17. The fraction of sp³-hybridized carbons (Fsp3) is 0.375. The predicted octanol–water partition coefficient (Wildman–Crippen LogP) is 2.15. The molecule has 1 unspecified atom stereocenters. The standard InChI is InChI=1S/C16H20N4O.ClH/c1-16(11-17,13-7-8-13)19-15(21)12-9-18-20(10-12)14-5-3-2-4-6-14;/h2-6,9-10,13H,7-8,11,17H2,1H3,(H,19,21);1H. The van der Waals surface area contributed by atoms with E-state index in [2.05, 4.69) is 10.4 Å². The number of hydrogen-bond donors (Lipinski definition) is 2. The van der Waals surface area contributed by atoms with Gasteiger partial charge in [0, 0.05) is 12.7 Å². The Morgan fingerprint density at radius 2 is 2.09 bits per heavy atom. The van der Waals surface area contributed by atoms with Crippen LogP contribution in [0.5, 0.6) is 0 Å². The molecule has 0 radical (unpaired) electrons. The van der Waals surface area contributed by atoms with E-state index in [0.29, 0.717) is 18.0 Å². The average Bonchev–Trinajstić information content (AvgIpc) is 3.26. The van der Waals surface area contributed by atoms with Crippen molar-refractivity contribution in [1.82, 2.24) is 15.1 Å². The van der Waals surface area contributed by atoms with E-state index < -0.39 is 0 Å². The Bertz CT molecular complexity index is 639. The van der Waals surface area contributed by atoms with Crippen molar-refractivity contribution < 1.29 is 4.79 Å². The molecular formula is C16H21ClN4O. The van der Waals surface area contributed by atoms with Crippen molar-refractivity contribution in [3.8, 4) is 5.69 Å². The molecule has 6 heteroatoms. The number of carbonyl (C=O) groups is 1. The molecular weight excluding hydrogens is 300 g/mol. The molecule has 0 saturated heterocycles. The average molecular weight is 321 g/mol. The number of carbonyl (C=O) groups excluding carboxylic acids is 1. The molecule has 1 fully saturated rings. The van der Waals surface area contributed by atoms with Crippen LogP contribution >= 0.6 is 12.4 Å². The van der Waals surface area contributed by atoms with Crippen LogP contribution < -0.4 is 11.1 Å². The fourth-order valence-corrected chi connectivity index (χ4v) is 2.53. The zero-order valence-electron chi connectivity index (χ0n) is 12.5. The van der Waals surface area contributed by atoms with Gasteiger partial charge in [0.05, 0.1) is 23.0 Å². The van der Waals surface area contributed by atoms with Crippen molar-refractivity contribution in [2.24, 2.45) is 11.7 Å². The van der Waals surface area contributed by atoms with Gasteiger partial charge < -0.3 is 11.1 Å². The SMILES string of the molecule is CC(CN)(NC(=O)c1cnn(-c2ccccc2)c1)C1CC1.Cl. The first-order valence-electron chi connectivity index (χ1n) is 7.25. The van der Waals surface area contributed by atoms with Gasteiger partial charge in [-0.15, -0.1) is 12.4 Å². The first kappa shape index (κ1) is 16.5. The van der Waals surface area contributed by atoms with Crippen LogP contribution in [0.15, 0.2) is 42.7 Å². The second-order valence-electron chi connectivity index (χ2n) is 5.86. The van der Waals surface area contributed by atoms with Crippen molar-refractivity contribution in [3.63, 3.8) is 0 Å². The Morgan fingerprint density at radius 3 is 2.68 bits per heavy atom. The minimum Gasteiger partial charge on any atom is -0.345 e. The molecule has 2 aromatic rings. The number of nitrogens with zero attached hydrogens (tertiary/aromatic N) is 2. The summed E-state index contributed by atoms with van der Waals surface area (Å²) in [6.07, 6.45) is 5.61. The predicted molar refractivity (Wildman–Crippen MR) is 88.5 cm³/mol. The maximum atomic E-state index is 12.4. The van der Waals surface area contributed by atoms with Crippen LogP contribution in [0.4, 0.5) is 0 Å². The van der Waals surface area contributed by atoms with Crippen molar-refractivity contribution >= 4 is 18.3 Å². The van der Waals surface area contributed by atoms with E-state index in [1.54, 1.807) is 17.1 Å². The monoisotopic (exact) mass is 320 g/mol. The minimum atomic E-state index is -0.314. The molecule has 1 heterocycles. The normalized spacial score (nSPS) is 16.5. The molecule has 1 atom stereocenters. The number of para-hydroxylation sites is 1. The van der Waals surface area contributed by atoms with Crippen LogP contribution in [0.2, 0.25) is 0 Å². The minimum absolute atomic E-state index is 0. The molecule has 1 saturated carbocycles. The van der Waals surface area contributed by atoms with Crippen LogP contribution in [-0.4, -0.2) is 27.8 Å². The van der Waals surface area contributed by atoms with Gasteiger partial charge in [0.25, 0.3) is 5.91 Å². The molecule has 5 nitrogen and oxygen atoms in total. The van der Waals surface area contributed by atoms with E-state index in [4.69, 9.17) is 5.73 Å². The van der Waals surface area contributed by atoms with Crippen molar-refractivity contribution in [2.75, 3.05) is 6.54 Å². The molecule has 0 bridgehead atoms. The molecule has 118 valence electrons. The Morgan fingerprint density at radius 1 is 1.41 bits per heavy atom. The van der Waals surface area contributed by atoms with E-state index in [1.165, 1.54) is 0 Å². The number of nitrogens with one attached hydrogen (secondary N) is 1. The number of aromatic nitrogens is 2. The Hall–Kier alpha value is -1.85. The molecule has 1 aliphatic carbocycles. The van der Waals surface area contributed by atoms with Gasteiger partial charge in [0.1, 0.15) is 0 Å². The quantitative estimate of drug-likeness (QED) is 0.886. The van der Waals surface area contributed by atoms with Crippen molar-refractivity contribution in [3.05, 3.63) is 48.3 Å². The fourth-order valence-electron chi connectivity index (χ4n) is 2.53. The van der Waals surface area contributed by atoms with Gasteiger partial charge in [0.2, 0.25) is 0 Å². The summed E-state index contributed by atoms with van der Waals surface area (Å²) < 4.78 is 1.70. The van der Waals surface area contributed by atoms with E-state index in [1.807, 2.05) is 37.3 Å². The van der Waals surface area contributed by atoms with Gasteiger partial charge in [-0.2, -0.15) is 5.10 Å². The zero-order chi connectivity index (χ0) is 14.9. The largest absolute Gasteiger partial charge is 0.345 e. The van der Waals surface area contributed by atoms with Crippen LogP contribution in [0.25, 0.3) is 5.69 Å². The van der Waals surface area contributed by atoms with Crippen LogP contribution in [0.1, 0.15) is 30.1 Å². The summed E-state index contributed by atoms with van der Waals surface area (Å²) >= 11 is 0. The lowest BCUT2D eigenvalue weighted by molar-refractivity contribution is 0.0898. The molecule has 1 aromatic carbocycles. The summed E-state index contributed by atoms with van der Waals surface area (Å²) in [4.78, 5) is 12.4. The van der Waals surface area contributed by atoms with E-state index >= 15 is 0 Å². The summed E-state index contributed by atoms with van der Waals surface area (Å²) in [5.41, 5.74) is 7.01. The number of halogens is 1. The van der Waals surface area contributed by atoms with E-state index in [-0.39, 0.29) is 23.9 Å². The highest BCUT2D eigenvalue weighted by Crippen LogP contribution is 2.39. The maximum absolute atomic E-state index is 12.4. The first-order valence-corrected chi connectivity index (χ1v) is 7.25. The molecule has 1 aromatic heterocycles. The van der Waals surface area contributed by atoms with Crippen LogP contribution in [0.3, 0.4) is 0 Å². The molecule has 1 aliphatic rings. The van der Waals surface area contributed by atoms with Gasteiger partial charge in [-0.05, 0) is 37.8 Å². The second-order valence-corrected chi connectivity index (χ2v) is 5.86. The maximum Gasteiger partial charge on any atom is 0.254 e. The van der Waals surface area contributed by atoms with Gasteiger partial charge >= 0.3 is 0 Å². The smallest absolute Gasteiger partial charge is 0.254 e. The highest BCUT2D eigenvalue weighted by Gasteiger charge is 2.41. The number of nitrogens with two attached hydrogens (primary N) is 1. The van der Waals surface area contributed by atoms with Crippen molar-refractivity contribution in [2.45, 2.75) is 25.3 Å². The number of amides is 1. The summed E-state index contributed by atoms with van der Waals surface area (Å²) in [5, 5.41) is 7.32. The van der Waals surface area contributed by atoms with Gasteiger partial charge in [0.15, 0.2) is 0 Å². The molecule has 3 N–H and O–H groups in total. The van der Waals surface area contributed by atoms with E-state index in [9.17, 15) is 4.79 Å². The number of hydrogen-bond acceptors (Lipinski definition) is 3. The molecule has 0 spiro atoms. The third kappa shape index (κ3) is 3.31. The molecule has 0 aliphatic heterocycles. The Balaban J connectivity index is 0.00000176. The van der Waals surface area contributed by atoms with Gasteiger partial charge in [-0.3, -0.25) is 4.79 Å². The third-order valence-electron chi connectivity index (χ3n) is 4.17. The first-order chi connectivity index (χ1) is 10.1. The lowest BCUT2D eigenvalue weighted by atomic mass is 9.95. The second kappa shape index (κ2) is 6.50. The van der Waals surface area contributed by atoms with Crippen LogP contribution in [0, 0.1) is 5.92 Å². The van der Waals surface area contributed by atoms with E-state index in [0.717, 1.165) is 18.5 Å². The molecule has 22 heavy (non-hydrogen) atoms. The lowest BCUT2D eigenvalue weighted by Gasteiger charge is -2.29. The summed E-state index contributed by atoms with van der Waals surface area (Å²) in [7, 11) is 0. The Kier molecular flexibility index (Phi) is 4.88. The summed E-state index contributed by atoms with van der Waals surface area (Å²) in [6, 6.07) is 9.72. The molecule has 1 amide bonds. The number of benzene rings is 1. The summed E-state index contributed by atoms with van der Waals surface area (Å²) in [6.45, 7) is 2.47. The Labute approximate surface area is 136 Å². The highest BCUT2D eigenvalue weighted by molar-refractivity contribution is 5.94. The van der Waals surface area contributed by atoms with Gasteiger partial charge in [-0.25, -0.2) is 4.68 Å². The topological polar surface area (TPSA) is 72.9 Å². The zero-order valence-corrected chi connectivity index (χ0v) is 13.3. The highest BCUT2D eigenvalue weighted by atomic mass is 35.5. The number of rotatable bonds is 5. The van der Waals surface area contributed by atoms with Crippen molar-refractivity contribution in [1.29, 1.82) is 0 Å². The molecule has 3 rings (SSSR count).